The maximum atomic E-state index is 13.6. The van der Waals surface area contributed by atoms with Gasteiger partial charge in [-0.1, -0.05) is 219 Å². The van der Waals surface area contributed by atoms with Gasteiger partial charge in [0.1, 0.15) is 134 Å². The number of carbonyl (C=O) groups is 2. The molecule has 6 rings (SSSR count). The van der Waals surface area contributed by atoms with Gasteiger partial charge in [-0.25, -0.2) is 0 Å². The number of rotatable bonds is 55. The summed E-state index contributed by atoms with van der Waals surface area (Å²) < 4.78 is 72.6. The highest BCUT2D eigenvalue weighted by Crippen LogP contribution is 2.39. The van der Waals surface area contributed by atoms with E-state index in [1.54, 1.807) is 6.08 Å². The van der Waals surface area contributed by atoms with Gasteiger partial charge in [-0.2, -0.15) is 0 Å². The molecular weight excluding hydrogens is 1480 g/mol. The number of carbonyl (C=O) groups excluding carboxylic acids is 2. The van der Waals surface area contributed by atoms with E-state index < -0.39 is 235 Å². The molecular formula is C80H146N2O31. The van der Waals surface area contributed by atoms with Crippen LogP contribution in [0.15, 0.2) is 12.2 Å². The Morgan fingerprint density at radius 2 is 0.726 bits per heavy atom. The highest BCUT2D eigenvalue weighted by molar-refractivity contribution is 5.76. The van der Waals surface area contributed by atoms with Crippen molar-refractivity contribution in [3.05, 3.63) is 12.2 Å². The molecule has 0 spiro atoms. The summed E-state index contributed by atoms with van der Waals surface area (Å²) in [5.74, 6) is -1.25. The number of nitrogens with one attached hydrogen (secondary N) is 2. The van der Waals surface area contributed by atoms with Crippen molar-refractivity contribution in [1.82, 2.24) is 10.6 Å². The van der Waals surface area contributed by atoms with E-state index in [2.05, 4.69) is 24.5 Å². The molecule has 0 aliphatic carbocycles. The van der Waals surface area contributed by atoms with Crippen LogP contribution in [0.2, 0.25) is 0 Å². The lowest BCUT2D eigenvalue weighted by atomic mass is 9.93. The Balaban J connectivity index is 1.12. The van der Waals surface area contributed by atoms with Crippen LogP contribution in [0.3, 0.4) is 0 Å². The van der Waals surface area contributed by atoms with Crippen molar-refractivity contribution in [2.24, 2.45) is 0 Å². The van der Waals surface area contributed by atoms with Gasteiger partial charge < -0.3 is 154 Å². The molecule has 0 aromatic rings. The molecule has 32 atom stereocenters. The molecule has 6 fully saturated rings. The molecule has 6 aliphatic rings. The summed E-state index contributed by atoms with van der Waals surface area (Å²) in [5, 5.41) is 196. The predicted octanol–water partition coefficient (Wildman–Crippen LogP) is 1.83. The number of amides is 2. The van der Waals surface area contributed by atoms with Crippen LogP contribution >= 0.6 is 0 Å². The summed E-state index contributed by atoms with van der Waals surface area (Å²) in [4.78, 5) is 27.1. The lowest BCUT2D eigenvalue weighted by Crippen LogP contribution is -2.71. The number of aliphatic hydroxyl groups is 17. The van der Waals surface area contributed by atoms with Gasteiger partial charge in [-0.3, -0.25) is 9.59 Å². The SMILES string of the molecule is CCCCCCCCCCCCC/C=C/[C@@H](O)[C@H](CO[C@@H]1OC(CO)[C@@H](O[C@@H]2OC(CO)[C@H](O)[C@H](O[C@@H]3OC(CO)[C@@H](O[C@H]4OC(C)[C@@H](O)C(O)[C@@H]4O)[C@H](O[C@@H]4OC(CO)[C@H](O)[C@H](O)C4O[C@H]4OC(C)[C@@H](O)C(O)[C@@H]4O)C3NC(C)=O)C2O)[C@H](O)C1O)NC(=O)CCCCCCCCCCCCCCCCCCCCCCC. The molecule has 12 unspecified atom stereocenters. The van der Waals surface area contributed by atoms with Crippen LogP contribution in [0.5, 0.6) is 0 Å². The van der Waals surface area contributed by atoms with Gasteiger partial charge in [0.15, 0.2) is 37.7 Å². The monoisotopic (exact) mass is 1630 g/mol. The summed E-state index contributed by atoms with van der Waals surface area (Å²) in [6.45, 7) is 3.58. The van der Waals surface area contributed by atoms with Crippen LogP contribution < -0.4 is 10.6 Å². The van der Waals surface area contributed by atoms with E-state index in [-0.39, 0.29) is 12.3 Å². The molecule has 0 aromatic carbocycles. The Morgan fingerprint density at radius 1 is 0.363 bits per heavy atom. The number of allylic oxidation sites excluding steroid dienone is 1. The minimum absolute atomic E-state index is 0.173. The number of hydrogen-bond acceptors (Lipinski definition) is 31. The summed E-state index contributed by atoms with van der Waals surface area (Å²) in [5.41, 5.74) is 0. The highest BCUT2D eigenvalue weighted by atomic mass is 16.8. The number of unbranched alkanes of at least 4 members (excludes halogenated alkanes) is 31. The fraction of sp³-hybridized carbons (Fsp3) is 0.950. The van der Waals surface area contributed by atoms with Crippen molar-refractivity contribution in [1.29, 1.82) is 0 Å². The quantitative estimate of drug-likeness (QED) is 0.0305. The van der Waals surface area contributed by atoms with Crippen LogP contribution in [0.25, 0.3) is 0 Å². The van der Waals surface area contributed by atoms with Crippen molar-refractivity contribution in [2.75, 3.05) is 33.0 Å². The molecule has 19 N–H and O–H groups in total. The van der Waals surface area contributed by atoms with E-state index in [1.807, 2.05) is 6.08 Å². The lowest BCUT2D eigenvalue weighted by Gasteiger charge is -2.52. The minimum atomic E-state index is -2.25. The fourth-order valence-electron chi connectivity index (χ4n) is 15.6. The first kappa shape index (κ1) is 99.3. The number of ether oxygens (including phenoxy) is 12. The second-order valence-corrected chi connectivity index (χ2v) is 32.0. The third kappa shape index (κ3) is 31.5. The first-order valence-corrected chi connectivity index (χ1v) is 42.7. The molecule has 113 heavy (non-hydrogen) atoms. The fourth-order valence-corrected chi connectivity index (χ4v) is 15.6. The zero-order valence-corrected chi connectivity index (χ0v) is 67.5. The Bertz CT molecular complexity index is 2540. The van der Waals surface area contributed by atoms with E-state index in [0.717, 1.165) is 58.3 Å². The van der Waals surface area contributed by atoms with Gasteiger partial charge in [0.05, 0.1) is 57.4 Å². The molecule has 6 saturated heterocycles. The van der Waals surface area contributed by atoms with Gasteiger partial charge >= 0.3 is 0 Å². The molecule has 0 bridgehead atoms. The minimum Gasteiger partial charge on any atom is -0.394 e. The largest absolute Gasteiger partial charge is 0.394 e. The summed E-state index contributed by atoms with van der Waals surface area (Å²) in [6, 6.07) is -2.98. The number of aliphatic hydroxyl groups excluding tert-OH is 17. The Hall–Kier alpha value is -2.48. The summed E-state index contributed by atoms with van der Waals surface area (Å²) >= 11 is 0. The average molecular weight is 1630 g/mol. The Kier molecular flexibility index (Phi) is 47.5. The van der Waals surface area contributed by atoms with Crippen LogP contribution in [0.1, 0.15) is 253 Å². The standard InChI is InChI=1S/C80H146N2O31/c1-6-8-10-12-14-16-18-20-21-22-23-24-25-26-27-29-31-33-35-37-39-41-56(89)82-50(51(88)40-38-36-34-32-30-28-19-17-15-13-11-9-7-2)46-102-76-68(100)65(97)70(54(44-85)108-76)109-79-69(101)73(61(93)53(43-84)105-79)112-75-57(81-49(5)87)72(71(55(45-86)107-75)110-77-66(98)62(94)58(90)47(3)103-77)111-80-74(64(96)60(92)52(42-83)106-80)113-78-67(99)63(95)59(91)48(4)104-78/h38,40,47-48,50-55,57-80,83-86,88,90-101H,6-37,39,41-46H2,1-5H3,(H,81,87)(H,82,89)/b40-38+/t47?,48?,50-,51+,52?,53?,54?,55?,57?,58+,59+,60-,61-,62?,63?,64-,65+,66-,67-,68?,69?,70+,71+,72+,73-,74?,75-,76+,77+,78+,79-,80-/m0/s1. The summed E-state index contributed by atoms with van der Waals surface area (Å²) in [6.07, 6.45) is -13.2. The van der Waals surface area contributed by atoms with E-state index in [9.17, 15) is 96.4 Å². The second kappa shape index (κ2) is 54.0. The average Bonchev–Trinajstić information content (AvgIpc) is 0.760. The van der Waals surface area contributed by atoms with E-state index in [1.165, 1.54) is 162 Å². The molecule has 33 nitrogen and oxygen atoms in total. The molecule has 2 amide bonds. The lowest BCUT2D eigenvalue weighted by molar-refractivity contribution is -0.400. The highest BCUT2D eigenvalue weighted by Gasteiger charge is 2.59. The second-order valence-electron chi connectivity index (χ2n) is 32.0. The maximum absolute atomic E-state index is 13.6. The van der Waals surface area contributed by atoms with E-state index in [4.69, 9.17) is 56.8 Å². The van der Waals surface area contributed by atoms with Gasteiger partial charge in [-0.15, -0.1) is 0 Å². The van der Waals surface area contributed by atoms with Gasteiger partial charge in [-0.05, 0) is 33.1 Å². The van der Waals surface area contributed by atoms with Crippen molar-refractivity contribution in [2.45, 2.75) is 449 Å². The van der Waals surface area contributed by atoms with Gasteiger partial charge in [0.2, 0.25) is 11.8 Å². The molecule has 6 heterocycles. The predicted molar refractivity (Wildman–Crippen MR) is 407 cm³/mol. The third-order valence-electron chi connectivity index (χ3n) is 22.7. The first-order valence-electron chi connectivity index (χ1n) is 42.7. The summed E-state index contributed by atoms with van der Waals surface area (Å²) in [7, 11) is 0. The molecule has 662 valence electrons. The van der Waals surface area contributed by atoms with Gasteiger partial charge in [0, 0.05) is 13.3 Å². The van der Waals surface area contributed by atoms with Crippen molar-refractivity contribution >= 4 is 11.8 Å². The molecule has 0 saturated carbocycles. The Labute approximate surface area is 667 Å². The smallest absolute Gasteiger partial charge is 0.220 e. The zero-order chi connectivity index (χ0) is 82.5. The normalized spacial score (nSPS) is 37.0. The van der Waals surface area contributed by atoms with Gasteiger partial charge in [0.25, 0.3) is 0 Å². The van der Waals surface area contributed by atoms with Crippen LogP contribution in [0.4, 0.5) is 0 Å². The maximum Gasteiger partial charge on any atom is 0.220 e. The number of hydrogen-bond donors (Lipinski definition) is 19. The molecule has 33 heteroatoms. The van der Waals surface area contributed by atoms with Crippen molar-refractivity contribution in [3.8, 4) is 0 Å². The van der Waals surface area contributed by atoms with Crippen LogP contribution in [-0.4, -0.2) is 328 Å². The first-order chi connectivity index (χ1) is 54.3. The van der Waals surface area contributed by atoms with E-state index in [0.29, 0.717) is 12.8 Å². The van der Waals surface area contributed by atoms with Crippen LogP contribution in [-0.2, 0) is 66.4 Å². The van der Waals surface area contributed by atoms with Crippen molar-refractivity contribution in [3.63, 3.8) is 0 Å². The Morgan fingerprint density at radius 3 is 1.19 bits per heavy atom. The van der Waals surface area contributed by atoms with Crippen molar-refractivity contribution < 1.29 is 153 Å². The zero-order valence-electron chi connectivity index (χ0n) is 67.5. The molecule has 0 aromatic heterocycles. The third-order valence-corrected chi connectivity index (χ3v) is 22.7. The molecule has 6 aliphatic heterocycles. The topological polar surface area (TPSA) is 513 Å². The molecule has 0 radical (unpaired) electrons. The van der Waals surface area contributed by atoms with Crippen LogP contribution in [0, 0.1) is 0 Å². The van der Waals surface area contributed by atoms with E-state index >= 15 is 0 Å².